The van der Waals surface area contributed by atoms with E-state index in [4.69, 9.17) is 4.74 Å². The minimum atomic E-state index is -0.636. The number of phenolic OH excluding ortho intramolecular Hbond substituents is 1. The van der Waals surface area contributed by atoms with E-state index in [1.54, 1.807) is 24.4 Å². The number of allylic oxidation sites excluding steroid dienone is 2. The first-order valence-corrected chi connectivity index (χ1v) is 10.7. The predicted molar refractivity (Wildman–Crippen MR) is 116 cm³/mol. The topological polar surface area (TPSA) is 95.9 Å². The summed E-state index contributed by atoms with van der Waals surface area (Å²) in [7, 11) is 0. The Morgan fingerprint density at radius 3 is 2.90 bits per heavy atom. The number of aliphatic hydroxyl groups excluding tert-OH is 1. The van der Waals surface area contributed by atoms with Gasteiger partial charge in [-0.1, -0.05) is 50.6 Å². The van der Waals surface area contributed by atoms with Crippen LogP contribution in [0.25, 0.3) is 0 Å². The second-order valence-electron chi connectivity index (χ2n) is 7.84. The second-order valence-corrected chi connectivity index (χ2v) is 7.84. The lowest BCUT2D eigenvalue weighted by Crippen LogP contribution is -2.28. The number of ether oxygens (including phenoxy) is 1. The molecule has 0 spiro atoms. The molecule has 2 rings (SSSR count). The number of cyclic esters (lactones) is 1. The molecule has 3 N–H and O–H groups in total. The zero-order chi connectivity index (χ0) is 21.9. The van der Waals surface area contributed by atoms with E-state index in [-0.39, 0.29) is 29.6 Å². The van der Waals surface area contributed by atoms with Crippen molar-refractivity contribution in [3.05, 3.63) is 53.8 Å². The lowest BCUT2D eigenvalue weighted by molar-refractivity contribution is -0.120. The lowest BCUT2D eigenvalue weighted by atomic mass is 9.93. The Bertz CT molecular complexity index is 771. The molecule has 6 heteroatoms. The number of amides is 1. The van der Waals surface area contributed by atoms with E-state index in [1.165, 1.54) is 6.07 Å². The number of fused-ring (bicyclic) bond motifs is 1. The molecule has 1 aromatic carbocycles. The number of carbonyl (C=O) groups is 2. The summed E-state index contributed by atoms with van der Waals surface area (Å²) in [6.45, 7) is 3.99. The van der Waals surface area contributed by atoms with Crippen molar-refractivity contribution in [1.29, 1.82) is 0 Å². The average Bonchev–Trinajstić information content (AvgIpc) is 2.71. The third kappa shape index (κ3) is 7.34. The van der Waals surface area contributed by atoms with E-state index in [2.05, 4.69) is 5.32 Å². The summed E-state index contributed by atoms with van der Waals surface area (Å²) >= 11 is 0. The van der Waals surface area contributed by atoms with Crippen LogP contribution in [-0.2, 0) is 16.0 Å². The Balaban J connectivity index is 2.14. The Morgan fingerprint density at radius 2 is 2.13 bits per heavy atom. The van der Waals surface area contributed by atoms with Crippen molar-refractivity contribution in [2.75, 3.05) is 0 Å². The molecule has 3 atom stereocenters. The van der Waals surface area contributed by atoms with Crippen molar-refractivity contribution >= 4 is 11.9 Å². The molecule has 0 aromatic heterocycles. The van der Waals surface area contributed by atoms with Gasteiger partial charge < -0.3 is 20.3 Å². The van der Waals surface area contributed by atoms with Gasteiger partial charge in [-0.3, -0.25) is 4.79 Å². The fourth-order valence-corrected chi connectivity index (χ4v) is 3.36. The summed E-state index contributed by atoms with van der Waals surface area (Å²) in [5.41, 5.74) is 0.856. The number of esters is 1. The van der Waals surface area contributed by atoms with Gasteiger partial charge in [-0.15, -0.1) is 0 Å². The van der Waals surface area contributed by atoms with Gasteiger partial charge >= 0.3 is 5.97 Å². The molecule has 0 saturated heterocycles. The summed E-state index contributed by atoms with van der Waals surface area (Å²) in [5, 5.41) is 23.5. The molecule has 0 fully saturated rings. The summed E-state index contributed by atoms with van der Waals surface area (Å²) in [6.07, 6.45) is 10.1. The molecule has 0 radical (unpaired) electrons. The summed E-state index contributed by atoms with van der Waals surface area (Å²) < 4.78 is 5.67. The van der Waals surface area contributed by atoms with Gasteiger partial charge in [0.2, 0.25) is 5.91 Å². The quantitative estimate of drug-likeness (QED) is 0.482. The lowest BCUT2D eigenvalue weighted by Gasteiger charge is -2.24. The highest BCUT2D eigenvalue weighted by Gasteiger charge is 2.25. The summed E-state index contributed by atoms with van der Waals surface area (Å²) in [5.74, 6) is -0.761. The first kappa shape index (κ1) is 23.7. The van der Waals surface area contributed by atoms with E-state index in [0.717, 1.165) is 12.8 Å². The molecule has 1 aliphatic heterocycles. The number of nitrogens with one attached hydrogen (secondary N) is 1. The van der Waals surface area contributed by atoms with Crippen LogP contribution in [0.4, 0.5) is 0 Å². The van der Waals surface area contributed by atoms with E-state index in [1.807, 2.05) is 26.0 Å². The van der Waals surface area contributed by atoms with Crippen LogP contribution in [0.1, 0.15) is 68.3 Å². The summed E-state index contributed by atoms with van der Waals surface area (Å²) in [6, 6.07) is 4.97. The van der Waals surface area contributed by atoms with Crippen LogP contribution in [0.5, 0.6) is 5.75 Å². The minimum absolute atomic E-state index is 0.0169. The van der Waals surface area contributed by atoms with Crippen molar-refractivity contribution < 1.29 is 24.5 Å². The molecule has 30 heavy (non-hydrogen) atoms. The third-order valence-electron chi connectivity index (χ3n) is 5.30. The SMILES string of the molecule is CCCCC(=O)N/C=C/CC1CC(O)C(C)C/C=C/Cc2cccc(O)c2C(=O)O1. The van der Waals surface area contributed by atoms with Crippen LogP contribution < -0.4 is 5.32 Å². The largest absolute Gasteiger partial charge is 0.507 e. The maximum Gasteiger partial charge on any atom is 0.342 e. The molecule has 0 saturated carbocycles. The number of benzene rings is 1. The van der Waals surface area contributed by atoms with E-state index >= 15 is 0 Å². The fraction of sp³-hybridized carbons (Fsp3) is 0.500. The van der Waals surface area contributed by atoms with Crippen LogP contribution >= 0.6 is 0 Å². The number of hydrogen-bond donors (Lipinski definition) is 3. The maximum absolute atomic E-state index is 12.8. The van der Waals surface area contributed by atoms with Crippen molar-refractivity contribution in [1.82, 2.24) is 5.32 Å². The van der Waals surface area contributed by atoms with Crippen molar-refractivity contribution in [2.45, 2.75) is 71.0 Å². The second kappa shape index (κ2) is 12.2. The third-order valence-corrected chi connectivity index (χ3v) is 5.30. The van der Waals surface area contributed by atoms with Gasteiger partial charge in [-0.25, -0.2) is 4.79 Å². The Kier molecular flexibility index (Phi) is 9.61. The predicted octanol–water partition coefficient (Wildman–Crippen LogP) is 4.02. The molecule has 6 nitrogen and oxygen atoms in total. The highest BCUT2D eigenvalue weighted by Crippen LogP contribution is 2.26. The Labute approximate surface area is 178 Å². The molecule has 1 aliphatic rings. The standard InChI is InChI=1S/C24H33NO5/c1-3-4-14-22(28)25-15-8-12-19-16-21(27)17(2)9-5-6-10-18-11-7-13-20(26)23(18)24(29)30-19/h5-8,11,13,15,17,19,21,26-27H,3-4,9-10,12,14,16H2,1-2H3,(H,25,28)/b6-5+,15-8+. The van der Waals surface area contributed by atoms with Gasteiger partial charge in [0.15, 0.2) is 0 Å². The van der Waals surface area contributed by atoms with Gasteiger partial charge in [0.1, 0.15) is 17.4 Å². The molecule has 0 aliphatic carbocycles. The monoisotopic (exact) mass is 415 g/mol. The molecule has 1 heterocycles. The van der Waals surface area contributed by atoms with E-state index in [0.29, 0.717) is 31.2 Å². The molecule has 164 valence electrons. The number of hydrogen-bond acceptors (Lipinski definition) is 5. The van der Waals surface area contributed by atoms with Crippen molar-refractivity contribution in [3.8, 4) is 5.75 Å². The smallest absolute Gasteiger partial charge is 0.342 e. The number of unbranched alkanes of at least 4 members (excludes halogenated alkanes) is 1. The van der Waals surface area contributed by atoms with Crippen molar-refractivity contribution in [2.24, 2.45) is 5.92 Å². The number of rotatable bonds is 6. The number of carbonyl (C=O) groups excluding carboxylic acids is 2. The maximum atomic E-state index is 12.8. The van der Waals surface area contributed by atoms with Crippen LogP contribution in [0.3, 0.4) is 0 Å². The van der Waals surface area contributed by atoms with E-state index in [9.17, 15) is 19.8 Å². The van der Waals surface area contributed by atoms with E-state index < -0.39 is 18.2 Å². The molecular formula is C24H33NO5. The van der Waals surface area contributed by atoms with Gasteiger partial charge in [-0.05, 0) is 43.0 Å². The number of aromatic hydroxyl groups is 1. The van der Waals surface area contributed by atoms with Gasteiger partial charge in [0.25, 0.3) is 0 Å². The first-order valence-electron chi connectivity index (χ1n) is 10.7. The highest BCUT2D eigenvalue weighted by atomic mass is 16.5. The number of aliphatic hydroxyl groups is 1. The molecule has 0 bridgehead atoms. The first-order chi connectivity index (χ1) is 14.4. The van der Waals surface area contributed by atoms with Crippen LogP contribution in [0.2, 0.25) is 0 Å². The van der Waals surface area contributed by atoms with Crippen LogP contribution in [0.15, 0.2) is 42.6 Å². The number of phenols is 1. The molecular weight excluding hydrogens is 382 g/mol. The highest BCUT2D eigenvalue weighted by molar-refractivity contribution is 5.94. The normalized spacial score (nSPS) is 23.7. The zero-order valence-corrected chi connectivity index (χ0v) is 17.8. The average molecular weight is 416 g/mol. The Morgan fingerprint density at radius 1 is 1.33 bits per heavy atom. The van der Waals surface area contributed by atoms with Crippen molar-refractivity contribution in [3.63, 3.8) is 0 Å². The van der Waals surface area contributed by atoms with Gasteiger partial charge in [0, 0.05) is 19.3 Å². The molecule has 3 unspecified atom stereocenters. The zero-order valence-electron chi connectivity index (χ0n) is 17.8. The molecule has 1 aromatic rings. The Hall–Kier alpha value is -2.60. The summed E-state index contributed by atoms with van der Waals surface area (Å²) in [4.78, 5) is 24.5. The minimum Gasteiger partial charge on any atom is -0.507 e. The molecule has 1 amide bonds. The van der Waals surface area contributed by atoms with Crippen LogP contribution in [-0.4, -0.2) is 34.3 Å². The van der Waals surface area contributed by atoms with Crippen LogP contribution in [0, 0.1) is 5.92 Å². The fourth-order valence-electron chi connectivity index (χ4n) is 3.36. The van der Waals surface area contributed by atoms with Gasteiger partial charge in [0.05, 0.1) is 6.10 Å². The van der Waals surface area contributed by atoms with Gasteiger partial charge in [-0.2, -0.15) is 0 Å².